The number of aryl methyl sites for hydroxylation is 1. The van der Waals surface area contributed by atoms with Gasteiger partial charge in [-0.05, 0) is 53.0 Å². The molecule has 28 heavy (non-hydrogen) atoms. The van der Waals surface area contributed by atoms with Gasteiger partial charge < -0.3 is 4.57 Å². The quantitative estimate of drug-likeness (QED) is 0.583. The van der Waals surface area contributed by atoms with Gasteiger partial charge in [-0.3, -0.25) is 20.4 Å². The molecule has 2 aromatic rings. The second-order valence-corrected chi connectivity index (χ2v) is 9.32. The minimum Gasteiger partial charge on any atom is -0.345 e. The van der Waals surface area contributed by atoms with Gasteiger partial charge in [0.2, 0.25) is 10.0 Å². The summed E-state index contributed by atoms with van der Waals surface area (Å²) in [5.41, 5.74) is 5.10. The Kier molecular flexibility index (Phi) is 6.21. The summed E-state index contributed by atoms with van der Waals surface area (Å²) in [7, 11) is -2.00. The van der Waals surface area contributed by atoms with Crippen LogP contribution in [0.5, 0.6) is 0 Å². The summed E-state index contributed by atoms with van der Waals surface area (Å²) in [5.74, 6) is -1.10. The molecular formula is C18H21BrN4O4S. The number of carbonyl (C=O) groups is 2. The fraction of sp³-hybridized carbons (Fsp3) is 0.333. The van der Waals surface area contributed by atoms with Gasteiger partial charge >= 0.3 is 0 Å². The zero-order valence-electron chi connectivity index (χ0n) is 15.2. The smallest absolute Gasteiger partial charge is 0.286 e. The molecule has 0 bridgehead atoms. The van der Waals surface area contributed by atoms with E-state index < -0.39 is 21.8 Å². The van der Waals surface area contributed by atoms with Crippen molar-refractivity contribution in [3.05, 3.63) is 52.3 Å². The number of nitrogens with one attached hydrogen (secondary N) is 3. The average molecular weight is 469 g/mol. The first-order chi connectivity index (χ1) is 13.3. The molecule has 0 atom stereocenters. The van der Waals surface area contributed by atoms with Crippen LogP contribution in [0.25, 0.3) is 0 Å². The minimum absolute atomic E-state index is 0.0183. The molecule has 3 N–H and O–H groups in total. The van der Waals surface area contributed by atoms with Gasteiger partial charge in [-0.15, -0.1) is 0 Å². The monoisotopic (exact) mass is 468 g/mol. The topological polar surface area (TPSA) is 109 Å². The lowest BCUT2D eigenvalue weighted by atomic mass is 10.2. The Morgan fingerprint density at radius 2 is 1.79 bits per heavy atom. The molecule has 0 radical (unpaired) electrons. The van der Waals surface area contributed by atoms with E-state index in [0.29, 0.717) is 5.69 Å². The Bertz CT molecular complexity index is 997. The van der Waals surface area contributed by atoms with E-state index in [1.54, 1.807) is 23.9 Å². The average Bonchev–Trinajstić information content (AvgIpc) is 3.28. The third kappa shape index (κ3) is 4.81. The van der Waals surface area contributed by atoms with Crippen molar-refractivity contribution in [1.29, 1.82) is 0 Å². The largest absolute Gasteiger partial charge is 0.345 e. The number of amides is 2. The molecule has 3 rings (SSSR count). The zero-order valence-corrected chi connectivity index (χ0v) is 17.6. The van der Waals surface area contributed by atoms with Crippen LogP contribution in [0.3, 0.4) is 0 Å². The first-order valence-electron chi connectivity index (χ1n) is 8.81. The third-order valence-corrected chi connectivity index (χ3v) is 6.53. The van der Waals surface area contributed by atoms with Crippen LogP contribution in [0.2, 0.25) is 0 Å². The number of carbonyl (C=O) groups excluding carboxylic acids is 2. The van der Waals surface area contributed by atoms with Gasteiger partial charge in [-0.1, -0.05) is 18.9 Å². The van der Waals surface area contributed by atoms with Crippen molar-refractivity contribution in [2.24, 2.45) is 7.05 Å². The van der Waals surface area contributed by atoms with Crippen molar-refractivity contribution < 1.29 is 18.0 Å². The van der Waals surface area contributed by atoms with E-state index in [9.17, 15) is 18.0 Å². The predicted molar refractivity (Wildman–Crippen MR) is 107 cm³/mol. The van der Waals surface area contributed by atoms with Crippen LogP contribution in [0.4, 0.5) is 0 Å². The van der Waals surface area contributed by atoms with Gasteiger partial charge in [0.25, 0.3) is 11.8 Å². The molecule has 2 amide bonds. The number of hydrogen-bond acceptors (Lipinski definition) is 4. The molecule has 150 valence electrons. The summed E-state index contributed by atoms with van der Waals surface area (Å²) in [6.07, 6.45) is 5.36. The molecule has 1 aromatic carbocycles. The molecule has 0 spiro atoms. The number of rotatable bonds is 5. The van der Waals surface area contributed by atoms with E-state index in [1.165, 1.54) is 24.3 Å². The van der Waals surface area contributed by atoms with Gasteiger partial charge in [-0.25, -0.2) is 13.1 Å². The van der Waals surface area contributed by atoms with Crippen molar-refractivity contribution in [3.63, 3.8) is 0 Å². The summed E-state index contributed by atoms with van der Waals surface area (Å²) >= 11 is 3.27. The summed E-state index contributed by atoms with van der Waals surface area (Å²) in [4.78, 5) is 24.5. The molecule has 0 saturated heterocycles. The summed E-state index contributed by atoms with van der Waals surface area (Å²) in [6.45, 7) is 0. The van der Waals surface area contributed by atoms with E-state index in [0.717, 1.165) is 30.2 Å². The maximum Gasteiger partial charge on any atom is 0.286 e. The van der Waals surface area contributed by atoms with Crippen LogP contribution in [0.1, 0.15) is 46.5 Å². The van der Waals surface area contributed by atoms with E-state index in [1.807, 2.05) is 0 Å². The lowest BCUT2D eigenvalue weighted by molar-refractivity contribution is 0.0842. The lowest BCUT2D eigenvalue weighted by Gasteiger charge is -2.13. The highest BCUT2D eigenvalue weighted by Gasteiger charge is 2.23. The molecule has 1 aliphatic carbocycles. The van der Waals surface area contributed by atoms with Crippen LogP contribution < -0.4 is 15.6 Å². The lowest BCUT2D eigenvalue weighted by Crippen LogP contribution is -2.42. The van der Waals surface area contributed by atoms with Gasteiger partial charge in [0.05, 0.1) is 4.90 Å². The van der Waals surface area contributed by atoms with Crippen molar-refractivity contribution in [1.82, 2.24) is 20.1 Å². The van der Waals surface area contributed by atoms with Gasteiger partial charge in [0, 0.05) is 29.3 Å². The minimum atomic E-state index is -3.70. The maximum absolute atomic E-state index is 12.5. The van der Waals surface area contributed by atoms with Crippen LogP contribution in [0.15, 0.2) is 45.9 Å². The fourth-order valence-electron chi connectivity index (χ4n) is 3.14. The van der Waals surface area contributed by atoms with E-state index in [2.05, 4.69) is 31.5 Å². The molecule has 1 saturated carbocycles. The Morgan fingerprint density at radius 1 is 1.11 bits per heavy atom. The highest BCUT2D eigenvalue weighted by molar-refractivity contribution is 9.10. The van der Waals surface area contributed by atoms with Gasteiger partial charge in [0.15, 0.2) is 0 Å². The van der Waals surface area contributed by atoms with Crippen LogP contribution >= 0.6 is 15.9 Å². The molecular weight excluding hydrogens is 448 g/mol. The standard InChI is InChI=1S/C18H21BrN4O4S/c1-23-11-13(19)10-16(23)18(25)21-20-17(24)12-5-4-8-15(9-12)28(26,27)22-14-6-2-3-7-14/h4-5,8-11,14,22H,2-3,6-7H2,1H3,(H,20,24)(H,21,25). The van der Waals surface area contributed by atoms with Crippen molar-refractivity contribution in [3.8, 4) is 0 Å². The molecule has 10 heteroatoms. The molecule has 0 aliphatic heterocycles. The Morgan fingerprint density at radius 3 is 2.43 bits per heavy atom. The van der Waals surface area contributed by atoms with E-state index in [4.69, 9.17) is 0 Å². The highest BCUT2D eigenvalue weighted by atomic mass is 79.9. The second kappa shape index (κ2) is 8.46. The maximum atomic E-state index is 12.5. The first-order valence-corrected chi connectivity index (χ1v) is 11.1. The van der Waals surface area contributed by atoms with E-state index >= 15 is 0 Å². The van der Waals surface area contributed by atoms with E-state index in [-0.39, 0.29) is 16.5 Å². The number of hydrogen-bond donors (Lipinski definition) is 3. The Balaban J connectivity index is 1.66. The molecule has 1 aliphatic rings. The van der Waals surface area contributed by atoms with Crippen LogP contribution in [-0.4, -0.2) is 30.8 Å². The van der Waals surface area contributed by atoms with Crippen molar-refractivity contribution in [2.45, 2.75) is 36.6 Å². The predicted octanol–water partition coefficient (Wildman–Crippen LogP) is 2.08. The van der Waals surface area contributed by atoms with Gasteiger partial charge in [-0.2, -0.15) is 0 Å². The number of halogens is 1. The summed E-state index contributed by atoms with van der Waals surface area (Å²) in [5, 5.41) is 0. The second-order valence-electron chi connectivity index (χ2n) is 6.69. The SMILES string of the molecule is Cn1cc(Br)cc1C(=O)NNC(=O)c1cccc(S(=O)(=O)NC2CCCC2)c1. The van der Waals surface area contributed by atoms with Gasteiger partial charge in [0.1, 0.15) is 5.69 Å². The molecule has 1 heterocycles. The Labute approximate surface area is 171 Å². The highest BCUT2D eigenvalue weighted by Crippen LogP contribution is 2.21. The first kappa shape index (κ1) is 20.6. The number of nitrogens with zero attached hydrogens (tertiary/aromatic N) is 1. The van der Waals surface area contributed by atoms with Crippen LogP contribution in [-0.2, 0) is 17.1 Å². The number of aromatic nitrogens is 1. The van der Waals surface area contributed by atoms with Crippen molar-refractivity contribution in [2.75, 3.05) is 0 Å². The molecule has 1 fully saturated rings. The van der Waals surface area contributed by atoms with Crippen molar-refractivity contribution >= 4 is 37.8 Å². The zero-order chi connectivity index (χ0) is 20.3. The fourth-order valence-corrected chi connectivity index (χ4v) is 5.01. The number of sulfonamides is 1. The normalized spacial score (nSPS) is 14.8. The number of benzene rings is 1. The Hall–Kier alpha value is -2.17. The number of hydrazine groups is 1. The summed E-state index contributed by atoms with van der Waals surface area (Å²) < 4.78 is 30.1. The summed E-state index contributed by atoms with van der Waals surface area (Å²) in [6, 6.07) is 7.25. The molecule has 1 aromatic heterocycles. The third-order valence-electron chi connectivity index (χ3n) is 4.58. The van der Waals surface area contributed by atoms with Crippen LogP contribution in [0, 0.1) is 0 Å². The molecule has 8 nitrogen and oxygen atoms in total. The molecule has 0 unspecified atom stereocenters.